The number of carbonyl (C=O) groups excluding carboxylic acids is 2. The number of nitrogens with one attached hydrogen (secondary N) is 1. The molecule has 2 atom stereocenters. The Balaban J connectivity index is 2.38. The maximum Gasteiger partial charge on any atom is 0.331 e. The Morgan fingerprint density at radius 2 is 1.50 bits per heavy atom. The Morgan fingerprint density at radius 3 is 2.07 bits per heavy atom. The van der Waals surface area contributed by atoms with E-state index in [-0.39, 0.29) is 12.5 Å². The summed E-state index contributed by atoms with van der Waals surface area (Å²) < 4.78 is 5.03. The molecule has 0 heterocycles. The zero-order valence-corrected chi connectivity index (χ0v) is 17.5. The monoisotopic (exact) mass is 391 g/mol. The maximum absolute atomic E-state index is 12.3. The van der Waals surface area contributed by atoms with Crippen molar-refractivity contribution in [2.45, 2.75) is 90.2 Å². The summed E-state index contributed by atoms with van der Waals surface area (Å²) in [6.07, 6.45) is 9.82. The van der Waals surface area contributed by atoms with Gasteiger partial charge in [0.15, 0.2) is 6.04 Å². The zero-order valence-electron chi connectivity index (χ0n) is 17.5. The third kappa shape index (κ3) is 9.88. The Kier molecular flexibility index (Phi) is 13.0. The molecule has 0 aliphatic carbocycles. The molecule has 1 aromatic rings. The first-order valence-corrected chi connectivity index (χ1v) is 10.8. The van der Waals surface area contributed by atoms with Crippen LogP contribution in [0.5, 0.6) is 0 Å². The standard InChI is InChI=1S/C23H37NO4/c1-3-5-6-7-8-9-10-11-15-18-20(25)24-21(23(27)28-4-2)22(26)19-16-13-12-14-17-19/h12-14,16-17,21-22,26H,3-11,15,18H2,1-2H3,(H,24,25)/t21-,22+/m1/s1. The van der Waals surface area contributed by atoms with Crippen molar-refractivity contribution in [3.8, 4) is 0 Å². The van der Waals surface area contributed by atoms with Crippen LogP contribution >= 0.6 is 0 Å². The van der Waals surface area contributed by atoms with E-state index in [9.17, 15) is 14.7 Å². The molecule has 158 valence electrons. The van der Waals surface area contributed by atoms with Crippen LogP contribution in [0.25, 0.3) is 0 Å². The van der Waals surface area contributed by atoms with Gasteiger partial charge in [0.2, 0.25) is 5.91 Å². The SMILES string of the molecule is CCCCCCCCCCCC(=O)N[C@@H](C(=O)OCC)[C@@H](O)c1ccccc1. The average Bonchev–Trinajstić information content (AvgIpc) is 2.71. The molecule has 0 aliphatic heterocycles. The fourth-order valence-corrected chi connectivity index (χ4v) is 3.18. The first kappa shape index (κ1) is 24.2. The van der Waals surface area contributed by atoms with E-state index >= 15 is 0 Å². The number of ether oxygens (including phenoxy) is 1. The van der Waals surface area contributed by atoms with Gasteiger partial charge in [0.25, 0.3) is 0 Å². The topological polar surface area (TPSA) is 75.6 Å². The summed E-state index contributed by atoms with van der Waals surface area (Å²) in [5.41, 5.74) is 0.573. The molecule has 1 rings (SSSR count). The number of benzene rings is 1. The van der Waals surface area contributed by atoms with Crippen molar-refractivity contribution in [3.63, 3.8) is 0 Å². The molecule has 5 heteroatoms. The summed E-state index contributed by atoms with van der Waals surface area (Å²) in [6, 6.07) is 7.76. The van der Waals surface area contributed by atoms with Crippen LogP contribution in [0.3, 0.4) is 0 Å². The van der Waals surface area contributed by atoms with Crippen molar-refractivity contribution in [2.75, 3.05) is 6.61 Å². The van der Waals surface area contributed by atoms with E-state index in [1.54, 1.807) is 31.2 Å². The number of rotatable bonds is 15. The molecular formula is C23H37NO4. The minimum Gasteiger partial charge on any atom is -0.464 e. The van der Waals surface area contributed by atoms with Gasteiger partial charge in [0.05, 0.1) is 6.61 Å². The molecule has 0 aromatic heterocycles. The maximum atomic E-state index is 12.3. The highest BCUT2D eigenvalue weighted by atomic mass is 16.5. The van der Waals surface area contributed by atoms with Gasteiger partial charge in [-0.3, -0.25) is 4.79 Å². The van der Waals surface area contributed by atoms with Gasteiger partial charge in [0.1, 0.15) is 6.10 Å². The molecule has 28 heavy (non-hydrogen) atoms. The van der Waals surface area contributed by atoms with Gasteiger partial charge in [-0.25, -0.2) is 4.79 Å². The van der Waals surface area contributed by atoms with Crippen LogP contribution < -0.4 is 5.32 Å². The molecule has 0 saturated carbocycles. The molecule has 0 bridgehead atoms. The lowest BCUT2D eigenvalue weighted by Crippen LogP contribution is -2.46. The Hall–Kier alpha value is -1.88. The van der Waals surface area contributed by atoms with E-state index in [1.165, 1.54) is 38.5 Å². The summed E-state index contributed by atoms with van der Waals surface area (Å²) in [7, 11) is 0. The van der Waals surface area contributed by atoms with Gasteiger partial charge in [-0.05, 0) is 18.9 Å². The van der Waals surface area contributed by atoms with Crippen molar-refractivity contribution in [3.05, 3.63) is 35.9 Å². The van der Waals surface area contributed by atoms with Crippen LogP contribution in [0.1, 0.15) is 89.7 Å². The van der Waals surface area contributed by atoms with Crippen LogP contribution in [-0.4, -0.2) is 29.6 Å². The second-order valence-electron chi connectivity index (χ2n) is 7.23. The Labute approximate surface area is 169 Å². The van der Waals surface area contributed by atoms with Crippen LogP contribution in [-0.2, 0) is 14.3 Å². The number of unbranched alkanes of at least 4 members (excludes halogenated alkanes) is 8. The summed E-state index contributed by atoms with van der Waals surface area (Å²) >= 11 is 0. The van der Waals surface area contributed by atoms with Gasteiger partial charge < -0.3 is 15.2 Å². The van der Waals surface area contributed by atoms with Crippen LogP contribution in [0, 0.1) is 0 Å². The lowest BCUT2D eigenvalue weighted by Gasteiger charge is -2.23. The second-order valence-corrected chi connectivity index (χ2v) is 7.23. The fourth-order valence-electron chi connectivity index (χ4n) is 3.18. The van der Waals surface area contributed by atoms with E-state index < -0.39 is 18.1 Å². The normalized spacial score (nSPS) is 13.0. The predicted octanol–water partition coefficient (Wildman–Crippen LogP) is 4.69. The molecular weight excluding hydrogens is 354 g/mol. The number of hydrogen-bond donors (Lipinski definition) is 2. The van der Waals surface area contributed by atoms with Gasteiger partial charge >= 0.3 is 5.97 Å². The van der Waals surface area contributed by atoms with Gasteiger partial charge in [-0.15, -0.1) is 0 Å². The first-order chi connectivity index (χ1) is 13.6. The number of esters is 1. The number of hydrogen-bond acceptors (Lipinski definition) is 4. The molecule has 2 N–H and O–H groups in total. The minimum atomic E-state index is -1.13. The largest absolute Gasteiger partial charge is 0.464 e. The van der Waals surface area contributed by atoms with Gasteiger partial charge in [-0.2, -0.15) is 0 Å². The van der Waals surface area contributed by atoms with Crippen molar-refractivity contribution in [1.82, 2.24) is 5.32 Å². The lowest BCUT2D eigenvalue weighted by atomic mass is 10.0. The number of aliphatic hydroxyl groups is 1. The average molecular weight is 392 g/mol. The Morgan fingerprint density at radius 1 is 0.929 bits per heavy atom. The van der Waals surface area contributed by atoms with Crippen molar-refractivity contribution < 1.29 is 19.4 Å². The number of carbonyl (C=O) groups is 2. The molecule has 0 unspecified atom stereocenters. The summed E-state index contributed by atoms with van der Waals surface area (Å²) in [5, 5.41) is 13.2. The molecule has 0 spiro atoms. The molecule has 0 fully saturated rings. The van der Waals surface area contributed by atoms with E-state index in [0.29, 0.717) is 12.0 Å². The van der Waals surface area contributed by atoms with Crippen molar-refractivity contribution in [1.29, 1.82) is 0 Å². The summed E-state index contributed by atoms with van der Waals surface area (Å²) in [6.45, 7) is 4.12. The zero-order chi connectivity index (χ0) is 20.6. The van der Waals surface area contributed by atoms with Crippen LogP contribution in [0.15, 0.2) is 30.3 Å². The minimum absolute atomic E-state index is 0.199. The highest BCUT2D eigenvalue weighted by Gasteiger charge is 2.30. The molecule has 1 aromatic carbocycles. The fraction of sp³-hybridized carbons (Fsp3) is 0.652. The molecule has 0 aliphatic rings. The van der Waals surface area contributed by atoms with Crippen LogP contribution in [0.4, 0.5) is 0 Å². The van der Waals surface area contributed by atoms with Crippen molar-refractivity contribution in [2.24, 2.45) is 0 Å². The number of amides is 1. The van der Waals surface area contributed by atoms with Crippen LogP contribution in [0.2, 0.25) is 0 Å². The van der Waals surface area contributed by atoms with E-state index in [1.807, 2.05) is 6.07 Å². The molecule has 5 nitrogen and oxygen atoms in total. The summed E-state index contributed by atoms with van der Waals surface area (Å²) in [4.78, 5) is 24.5. The number of aliphatic hydroxyl groups excluding tert-OH is 1. The van der Waals surface area contributed by atoms with E-state index in [2.05, 4.69) is 12.2 Å². The Bertz CT molecular complexity index is 547. The highest BCUT2D eigenvalue weighted by Crippen LogP contribution is 2.18. The van der Waals surface area contributed by atoms with Crippen molar-refractivity contribution >= 4 is 11.9 Å². The first-order valence-electron chi connectivity index (χ1n) is 10.8. The quantitative estimate of drug-likeness (QED) is 0.336. The van der Waals surface area contributed by atoms with E-state index in [4.69, 9.17) is 4.74 Å². The van der Waals surface area contributed by atoms with Gasteiger partial charge in [-0.1, -0.05) is 88.6 Å². The smallest absolute Gasteiger partial charge is 0.331 e. The lowest BCUT2D eigenvalue weighted by molar-refractivity contribution is -0.151. The molecule has 0 radical (unpaired) electrons. The predicted molar refractivity (Wildman–Crippen MR) is 112 cm³/mol. The van der Waals surface area contributed by atoms with E-state index in [0.717, 1.165) is 19.3 Å². The summed E-state index contributed by atoms with van der Waals surface area (Å²) in [5.74, 6) is -0.838. The third-order valence-corrected chi connectivity index (χ3v) is 4.82. The molecule has 1 amide bonds. The molecule has 0 saturated heterocycles. The highest BCUT2D eigenvalue weighted by molar-refractivity contribution is 5.85. The second kappa shape index (κ2) is 15.1. The van der Waals surface area contributed by atoms with Gasteiger partial charge in [0, 0.05) is 6.42 Å². The third-order valence-electron chi connectivity index (χ3n) is 4.82.